The summed E-state index contributed by atoms with van der Waals surface area (Å²) >= 11 is 0. The van der Waals surface area contributed by atoms with Gasteiger partial charge in [0.25, 0.3) is 0 Å². The molecular weight excluding hydrogens is 294 g/mol. The molecule has 0 bridgehead atoms. The number of hydrogen-bond donors (Lipinski definition) is 2. The third kappa shape index (κ3) is 3.87. The van der Waals surface area contributed by atoms with E-state index in [2.05, 4.69) is 5.32 Å². The second-order valence-corrected chi connectivity index (χ2v) is 6.45. The van der Waals surface area contributed by atoms with Crippen LogP contribution in [0.1, 0.15) is 10.4 Å². The van der Waals surface area contributed by atoms with Crippen molar-refractivity contribution in [3.05, 3.63) is 29.3 Å². The van der Waals surface area contributed by atoms with Crippen LogP contribution in [0.2, 0.25) is 0 Å². The van der Waals surface area contributed by atoms with Gasteiger partial charge in [0.2, 0.25) is 10.0 Å². The number of sulfonamides is 1. The molecule has 0 unspecified atom stereocenters. The zero-order valence-corrected chi connectivity index (χ0v) is 11.7. The fourth-order valence-corrected chi connectivity index (χ4v) is 2.08. The largest absolute Gasteiger partial charge is 0.478 e. The third-order valence-electron chi connectivity index (χ3n) is 2.51. The number of carboxylic acids is 1. The fraction of sp³-hybridized carbons (Fsp3) is 0.364. The Bertz CT molecular complexity index is 594. The minimum atomic E-state index is -3.48. The highest BCUT2D eigenvalue weighted by atomic mass is 32.2. The van der Waals surface area contributed by atoms with Crippen LogP contribution in [-0.4, -0.2) is 50.2 Å². The molecule has 6 nitrogen and oxygen atoms in total. The maximum absolute atomic E-state index is 13.5. The van der Waals surface area contributed by atoms with E-state index in [-0.39, 0.29) is 12.3 Å². The summed E-state index contributed by atoms with van der Waals surface area (Å²) in [5, 5.41) is 10.9. The molecule has 0 aliphatic carbocycles. The van der Waals surface area contributed by atoms with Crippen LogP contribution in [0.3, 0.4) is 0 Å². The van der Waals surface area contributed by atoms with E-state index >= 15 is 0 Å². The van der Waals surface area contributed by atoms with Crippen molar-refractivity contribution >= 4 is 21.7 Å². The lowest BCUT2D eigenvalue weighted by atomic mass is 10.2. The fourth-order valence-electron chi connectivity index (χ4n) is 1.35. The van der Waals surface area contributed by atoms with Crippen LogP contribution >= 0.6 is 0 Å². The van der Waals surface area contributed by atoms with Gasteiger partial charge < -0.3 is 10.4 Å². The predicted octanol–water partition coefficient (Wildman–Crippen LogP) is 0.966. The number of nitrogens with zero attached hydrogens (tertiary/aromatic N) is 1. The molecular formula is C11H14F2N2O4S. The van der Waals surface area contributed by atoms with E-state index in [0.717, 1.165) is 4.31 Å². The SMILES string of the molecule is CN(C)S(=O)(=O)CCNc1c(F)cc(C(=O)O)cc1F. The number of nitrogens with one attached hydrogen (secondary N) is 1. The summed E-state index contributed by atoms with van der Waals surface area (Å²) in [6.45, 7) is -0.208. The summed E-state index contributed by atoms with van der Waals surface area (Å²) in [5.74, 6) is -3.99. The summed E-state index contributed by atoms with van der Waals surface area (Å²) in [4.78, 5) is 10.6. The van der Waals surface area contributed by atoms with E-state index in [0.29, 0.717) is 12.1 Å². The van der Waals surface area contributed by atoms with Crippen LogP contribution in [0.25, 0.3) is 0 Å². The first-order valence-electron chi connectivity index (χ1n) is 5.51. The number of carbonyl (C=O) groups is 1. The van der Waals surface area contributed by atoms with E-state index in [1.807, 2.05) is 0 Å². The van der Waals surface area contributed by atoms with E-state index in [1.54, 1.807) is 0 Å². The van der Waals surface area contributed by atoms with Gasteiger partial charge in [-0.1, -0.05) is 0 Å². The zero-order valence-electron chi connectivity index (χ0n) is 10.9. The van der Waals surface area contributed by atoms with Gasteiger partial charge in [-0.3, -0.25) is 0 Å². The highest BCUT2D eigenvalue weighted by Crippen LogP contribution is 2.20. The Morgan fingerprint density at radius 3 is 2.20 bits per heavy atom. The van der Waals surface area contributed by atoms with Gasteiger partial charge in [0.15, 0.2) is 0 Å². The van der Waals surface area contributed by atoms with Gasteiger partial charge in [-0.15, -0.1) is 0 Å². The monoisotopic (exact) mass is 308 g/mol. The maximum Gasteiger partial charge on any atom is 0.335 e. The molecule has 0 spiro atoms. The quantitative estimate of drug-likeness (QED) is 0.817. The highest BCUT2D eigenvalue weighted by molar-refractivity contribution is 7.89. The van der Waals surface area contributed by atoms with Crippen molar-refractivity contribution in [1.82, 2.24) is 4.31 Å². The Hall–Kier alpha value is -1.74. The summed E-state index contributed by atoms with van der Waals surface area (Å²) in [6.07, 6.45) is 0. The number of halogens is 2. The van der Waals surface area contributed by atoms with E-state index in [4.69, 9.17) is 5.11 Å². The lowest BCUT2D eigenvalue weighted by Crippen LogP contribution is -2.28. The Kier molecular flexibility index (Phi) is 5.01. The van der Waals surface area contributed by atoms with Crippen molar-refractivity contribution in [2.24, 2.45) is 0 Å². The molecule has 0 saturated carbocycles. The Balaban J connectivity index is 2.82. The van der Waals surface area contributed by atoms with Crippen LogP contribution < -0.4 is 5.32 Å². The second kappa shape index (κ2) is 6.14. The molecule has 1 rings (SSSR count). The minimum absolute atomic E-state index is 0.208. The molecule has 20 heavy (non-hydrogen) atoms. The molecule has 0 aromatic heterocycles. The van der Waals surface area contributed by atoms with Crippen LogP contribution in [0, 0.1) is 11.6 Å². The van der Waals surface area contributed by atoms with Crippen molar-refractivity contribution in [2.75, 3.05) is 31.7 Å². The topological polar surface area (TPSA) is 86.7 Å². The van der Waals surface area contributed by atoms with Crippen LogP contribution in [0.5, 0.6) is 0 Å². The first-order valence-corrected chi connectivity index (χ1v) is 7.12. The molecule has 0 saturated heterocycles. The van der Waals surface area contributed by atoms with Gasteiger partial charge in [0.05, 0.1) is 11.3 Å². The van der Waals surface area contributed by atoms with Crippen LogP contribution in [0.15, 0.2) is 12.1 Å². The normalized spacial score (nSPS) is 11.7. The summed E-state index contributed by atoms with van der Waals surface area (Å²) < 4.78 is 51.0. The summed E-state index contributed by atoms with van der Waals surface area (Å²) in [7, 11) is -0.793. The van der Waals surface area contributed by atoms with E-state index < -0.39 is 38.9 Å². The lowest BCUT2D eigenvalue weighted by molar-refractivity contribution is 0.0696. The number of hydrogen-bond acceptors (Lipinski definition) is 4. The summed E-state index contributed by atoms with van der Waals surface area (Å²) in [5.41, 5.74) is -1.07. The van der Waals surface area contributed by atoms with Gasteiger partial charge in [-0.25, -0.2) is 26.3 Å². The number of carboxylic acid groups (broad SMARTS) is 1. The van der Waals surface area contributed by atoms with Crippen molar-refractivity contribution in [3.63, 3.8) is 0 Å². The molecule has 0 fully saturated rings. The second-order valence-electron chi connectivity index (χ2n) is 4.15. The number of aromatic carboxylic acids is 1. The van der Waals surface area contributed by atoms with E-state index in [9.17, 15) is 22.0 Å². The Morgan fingerprint density at radius 2 is 1.80 bits per heavy atom. The van der Waals surface area contributed by atoms with Crippen molar-refractivity contribution in [2.45, 2.75) is 0 Å². The van der Waals surface area contributed by atoms with Gasteiger partial charge in [0, 0.05) is 20.6 Å². The molecule has 1 aromatic carbocycles. The van der Waals surface area contributed by atoms with Crippen molar-refractivity contribution < 1.29 is 27.1 Å². The van der Waals surface area contributed by atoms with Crippen molar-refractivity contribution in [1.29, 1.82) is 0 Å². The first-order chi connectivity index (χ1) is 9.15. The highest BCUT2D eigenvalue weighted by Gasteiger charge is 2.17. The zero-order chi connectivity index (χ0) is 15.5. The Morgan fingerprint density at radius 1 is 1.30 bits per heavy atom. The van der Waals surface area contributed by atoms with Crippen molar-refractivity contribution in [3.8, 4) is 0 Å². The molecule has 0 amide bonds. The van der Waals surface area contributed by atoms with Gasteiger partial charge in [-0.2, -0.15) is 0 Å². The molecule has 1 aromatic rings. The predicted molar refractivity (Wildman–Crippen MR) is 69.3 cm³/mol. The molecule has 2 N–H and O–H groups in total. The molecule has 0 atom stereocenters. The molecule has 0 aliphatic rings. The molecule has 9 heteroatoms. The van der Waals surface area contributed by atoms with Crippen LogP contribution in [0.4, 0.5) is 14.5 Å². The molecule has 0 aliphatic heterocycles. The average molecular weight is 308 g/mol. The summed E-state index contributed by atoms with van der Waals surface area (Å²) in [6, 6.07) is 1.32. The smallest absolute Gasteiger partial charge is 0.335 e. The third-order valence-corrected chi connectivity index (χ3v) is 4.34. The molecule has 112 valence electrons. The van der Waals surface area contributed by atoms with Gasteiger partial charge in [-0.05, 0) is 12.1 Å². The molecule has 0 radical (unpaired) electrons. The number of benzene rings is 1. The van der Waals surface area contributed by atoms with E-state index in [1.165, 1.54) is 14.1 Å². The minimum Gasteiger partial charge on any atom is -0.478 e. The standard InChI is InChI=1S/C11H14F2N2O4S/c1-15(2)20(18,19)4-3-14-10-8(12)5-7(11(16)17)6-9(10)13/h5-6,14H,3-4H2,1-2H3,(H,16,17). The average Bonchev–Trinajstić information content (AvgIpc) is 2.31. The van der Waals surface area contributed by atoms with Gasteiger partial charge in [0.1, 0.15) is 17.3 Å². The van der Waals surface area contributed by atoms with Gasteiger partial charge >= 0.3 is 5.97 Å². The Labute approximate surface area is 115 Å². The maximum atomic E-state index is 13.5. The number of anilines is 1. The first kappa shape index (κ1) is 16.3. The number of rotatable bonds is 6. The molecule has 0 heterocycles. The lowest BCUT2D eigenvalue weighted by Gasteiger charge is -2.13. The van der Waals surface area contributed by atoms with Crippen LogP contribution in [-0.2, 0) is 10.0 Å².